The standard InChI is InChI=1S/C18H22N4O3S/c1-3-22-12-14(11-19-22)17(24)20-7-4-8-21(10-9-20)18(25)16-6-5-15(26-16)13(2)23/h5-6,11-12H,3-4,7-10H2,1-2H3. The van der Waals surface area contributed by atoms with Crippen molar-refractivity contribution >= 4 is 28.9 Å². The summed E-state index contributed by atoms with van der Waals surface area (Å²) in [6.45, 7) is 6.38. The quantitative estimate of drug-likeness (QED) is 0.769. The summed E-state index contributed by atoms with van der Waals surface area (Å²) in [4.78, 5) is 41.4. The molecule has 0 aliphatic carbocycles. The number of aryl methyl sites for hydroxylation is 1. The number of rotatable bonds is 4. The summed E-state index contributed by atoms with van der Waals surface area (Å²) < 4.78 is 1.73. The van der Waals surface area contributed by atoms with Gasteiger partial charge >= 0.3 is 0 Å². The van der Waals surface area contributed by atoms with Crippen molar-refractivity contribution in [1.82, 2.24) is 19.6 Å². The zero-order chi connectivity index (χ0) is 18.7. The molecule has 0 atom stereocenters. The number of carbonyl (C=O) groups excluding carboxylic acids is 3. The van der Waals surface area contributed by atoms with E-state index in [2.05, 4.69) is 5.10 Å². The van der Waals surface area contributed by atoms with E-state index >= 15 is 0 Å². The predicted octanol–water partition coefficient (Wildman–Crippen LogP) is 2.16. The summed E-state index contributed by atoms with van der Waals surface area (Å²) in [6.07, 6.45) is 4.07. The van der Waals surface area contributed by atoms with Gasteiger partial charge in [0.1, 0.15) is 0 Å². The number of hydrogen-bond acceptors (Lipinski definition) is 5. The maximum atomic E-state index is 12.7. The second-order valence-electron chi connectivity index (χ2n) is 6.24. The van der Waals surface area contributed by atoms with E-state index in [1.807, 2.05) is 6.92 Å². The average molecular weight is 374 g/mol. The van der Waals surface area contributed by atoms with Crippen LogP contribution < -0.4 is 0 Å². The minimum atomic E-state index is -0.0735. The van der Waals surface area contributed by atoms with Crippen LogP contribution in [0.4, 0.5) is 0 Å². The SMILES string of the molecule is CCn1cc(C(=O)N2CCCN(C(=O)c3ccc(C(C)=O)s3)CC2)cn1. The Hall–Kier alpha value is -2.48. The molecule has 8 heteroatoms. The molecule has 3 rings (SSSR count). The van der Waals surface area contributed by atoms with E-state index in [-0.39, 0.29) is 17.6 Å². The fraction of sp³-hybridized carbons (Fsp3) is 0.444. The van der Waals surface area contributed by atoms with Crippen molar-refractivity contribution in [2.75, 3.05) is 26.2 Å². The van der Waals surface area contributed by atoms with Crippen LogP contribution in [0.25, 0.3) is 0 Å². The number of aromatic nitrogens is 2. The minimum absolute atomic E-state index is 0.0330. The van der Waals surface area contributed by atoms with Crippen molar-refractivity contribution in [1.29, 1.82) is 0 Å². The zero-order valence-electron chi connectivity index (χ0n) is 15.0. The highest BCUT2D eigenvalue weighted by Gasteiger charge is 2.25. The molecule has 0 spiro atoms. The molecule has 138 valence electrons. The molecule has 0 radical (unpaired) electrons. The van der Waals surface area contributed by atoms with Crippen molar-refractivity contribution in [2.24, 2.45) is 0 Å². The number of hydrogen-bond donors (Lipinski definition) is 0. The van der Waals surface area contributed by atoms with Gasteiger partial charge < -0.3 is 9.80 Å². The Balaban J connectivity index is 1.64. The first kappa shape index (κ1) is 18.3. The molecule has 26 heavy (non-hydrogen) atoms. The van der Waals surface area contributed by atoms with Crippen molar-refractivity contribution < 1.29 is 14.4 Å². The number of Topliss-reactive ketones (excluding diaryl/α,β-unsaturated/α-hetero) is 1. The molecule has 0 bridgehead atoms. The molecule has 1 aliphatic heterocycles. The molecular weight excluding hydrogens is 352 g/mol. The van der Waals surface area contributed by atoms with Crippen molar-refractivity contribution in [2.45, 2.75) is 26.8 Å². The number of carbonyl (C=O) groups is 3. The second kappa shape index (κ2) is 7.82. The van der Waals surface area contributed by atoms with Crippen LogP contribution in [0.5, 0.6) is 0 Å². The Morgan fingerprint density at radius 1 is 1.04 bits per heavy atom. The number of ketones is 1. The Kier molecular flexibility index (Phi) is 5.51. The third kappa shape index (κ3) is 3.85. The van der Waals surface area contributed by atoms with Gasteiger partial charge in [-0.25, -0.2) is 0 Å². The molecule has 1 aliphatic rings. The normalized spacial score (nSPS) is 15.0. The van der Waals surface area contributed by atoms with E-state index < -0.39 is 0 Å². The maximum Gasteiger partial charge on any atom is 0.264 e. The fourth-order valence-electron chi connectivity index (χ4n) is 2.95. The van der Waals surface area contributed by atoms with Crippen LogP contribution in [0.2, 0.25) is 0 Å². The van der Waals surface area contributed by atoms with E-state index in [4.69, 9.17) is 0 Å². The van der Waals surface area contributed by atoms with Crippen LogP contribution in [-0.4, -0.2) is 63.4 Å². The summed E-state index contributed by atoms with van der Waals surface area (Å²) in [5, 5.41) is 4.15. The smallest absolute Gasteiger partial charge is 0.264 e. The molecule has 1 fully saturated rings. The molecule has 0 aromatic carbocycles. The lowest BCUT2D eigenvalue weighted by Gasteiger charge is -2.21. The lowest BCUT2D eigenvalue weighted by molar-refractivity contribution is 0.0721. The van der Waals surface area contributed by atoms with Gasteiger partial charge in [-0.1, -0.05) is 0 Å². The van der Waals surface area contributed by atoms with Gasteiger partial charge in [-0.15, -0.1) is 11.3 Å². The number of thiophene rings is 1. The third-order valence-corrected chi connectivity index (χ3v) is 5.61. The lowest BCUT2D eigenvalue weighted by Crippen LogP contribution is -2.37. The predicted molar refractivity (Wildman–Crippen MR) is 98.6 cm³/mol. The van der Waals surface area contributed by atoms with Crippen LogP contribution in [0.15, 0.2) is 24.5 Å². The monoisotopic (exact) mass is 374 g/mol. The molecule has 7 nitrogen and oxygen atoms in total. The highest BCUT2D eigenvalue weighted by Crippen LogP contribution is 2.20. The molecule has 3 heterocycles. The zero-order valence-corrected chi connectivity index (χ0v) is 15.8. The van der Waals surface area contributed by atoms with E-state index in [1.54, 1.807) is 39.0 Å². The first-order chi connectivity index (χ1) is 12.5. The largest absolute Gasteiger partial charge is 0.337 e. The van der Waals surface area contributed by atoms with Gasteiger partial charge in [-0.05, 0) is 32.4 Å². The van der Waals surface area contributed by atoms with Gasteiger partial charge in [0.15, 0.2) is 5.78 Å². The van der Waals surface area contributed by atoms with E-state index in [0.717, 1.165) is 13.0 Å². The highest BCUT2D eigenvalue weighted by molar-refractivity contribution is 7.15. The summed E-state index contributed by atoms with van der Waals surface area (Å²) in [5.74, 6) is -0.154. The molecule has 0 unspecified atom stereocenters. The Morgan fingerprint density at radius 3 is 2.27 bits per heavy atom. The van der Waals surface area contributed by atoms with Gasteiger partial charge in [0.2, 0.25) is 0 Å². The van der Waals surface area contributed by atoms with Crippen LogP contribution in [0, 0.1) is 0 Å². The molecule has 1 saturated heterocycles. The topological polar surface area (TPSA) is 75.5 Å². The molecule has 0 N–H and O–H groups in total. The molecule has 0 saturated carbocycles. The number of nitrogens with zero attached hydrogens (tertiary/aromatic N) is 4. The summed E-state index contributed by atoms with van der Waals surface area (Å²) in [6, 6.07) is 3.40. The summed E-state index contributed by atoms with van der Waals surface area (Å²) >= 11 is 1.23. The van der Waals surface area contributed by atoms with Crippen LogP contribution in [-0.2, 0) is 6.54 Å². The van der Waals surface area contributed by atoms with Crippen molar-refractivity contribution in [3.05, 3.63) is 39.8 Å². The Bertz CT molecular complexity index is 826. The lowest BCUT2D eigenvalue weighted by atomic mass is 10.3. The van der Waals surface area contributed by atoms with Gasteiger partial charge in [0.05, 0.1) is 21.5 Å². The fourth-order valence-corrected chi connectivity index (χ4v) is 3.82. The van der Waals surface area contributed by atoms with Gasteiger partial charge in [0, 0.05) is 38.9 Å². The van der Waals surface area contributed by atoms with E-state index in [9.17, 15) is 14.4 Å². The molecular formula is C18H22N4O3S. The van der Waals surface area contributed by atoms with Gasteiger partial charge in [-0.3, -0.25) is 19.1 Å². The van der Waals surface area contributed by atoms with E-state index in [0.29, 0.717) is 41.5 Å². The number of amides is 2. The summed E-state index contributed by atoms with van der Waals surface area (Å²) in [7, 11) is 0. The minimum Gasteiger partial charge on any atom is -0.337 e. The van der Waals surface area contributed by atoms with Crippen LogP contribution >= 0.6 is 11.3 Å². The first-order valence-electron chi connectivity index (χ1n) is 8.71. The van der Waals surface area contributed by atoms with Gasteiger partial charge in [-0.2, -0.15) is 5.10 Å². The molecule has 2 aromatic rings. The summed E-state index contributed by atoms with van der Waals surface area (Å²) in [5.41, 5.74) is 0.580. The average Bonchev–Trinajstić information content (AvgIpc) is 3.25. The Labute approximate surface area is 156 Å². The molecule has 2 aromatic heterocycles. The first-order valence-corrected chi connectivity index (χ1v) is 9.53. The van der Waals surface area contributed by atoms with Crippen molar-refractivity contribution in [3.8, 4) is 0 Å². The van der Waals surface area contributed by atoms with Crippen LogP contribution in [0.1, 0.15) is 50.0 Å². The Morgan fingerprint density at radius 2 is 1.69 bits per heavy atom. The van der Waals surface area contributed by atoms with E-state index in [1.165, 1.54) is 18.3 Å². The van der Waals surface area contributed by atoms with Gasteiger partial charge in [0.25, 0.3) is 11.8 Å². The van der Waals surface area contributed by atoms with Crippen LogP contribution in [0.3, 0.4) is 0 Å². The molecule has 2 amide bonds. The van der Waals surface area contributed by atoms with Crippen molar-refractivity contribution in [3.63, 3.8) is 0 Å². The maximum absolute atomic E-state index is 12.7. The second-order valence-corrected chi connectivity index (χ2v) is 7.33. The third-order valence-electron chi connectivity index (χ3n) is 4.44. The highest BCUT2D eigenvalue weighted by atomic mass is 32.1.